The van der Waals surface area contributed by atoms with Crippen molar-refractivity contribution in [2.24, 2.45) is 17.8 Å². The molecule has 1 rings (SSSR count). The van der Waals surface area contributed by atoms with Gasteiger partial charge in [0.2, 0.25) is 0 Å². The van der Waals surface area contributed by atoms with Crippen LogP contribution < -0.4 is 0 Å². The third-order valence-electron chi connectivity index (χ3n) is 4.42. The van der Waals surface area contributed by atoms with E-state index in [4.69, 9.17) is 0 Å². The van der Waals surface area contributed by atoms with Crippen LogP contribution in [0.2, 0.25) is 0 Å². The van der Waals surface area contributed by atoms with Gasteiger partial charge in [-0.15, -0.1) is 0 Å². The van der Waals surface area contributed by atoms with Crippen molar-refractivity contribution in [3.8, 4) is 0 Å². The Balaban J connectivity index is 2.47. The Morgan fingerprint density at radius 3 is 2.33 bits per heavy atom. The smallest absolute Gasteiger partial charge is 0.0596 e. The molecule has 0 aromatic rings. The van der Waals surface area contributed by atoms with Gasteiger partial charge in [0.05, 0.1) is 6.10 Å². The Morgan fingerprint density at radius 2 is 1.80 bits per heavy atom. The number of hydrogen-bond donors (Lipinski definition) is 1. The van der Waals surface area contributed by atoms with Crippen LogP contribution in [0.25, 0.3) is 0 Å². The molecule has 1 aliphatic rings. The predicted octanol–water partition coefficient (Wildman–Crippen LogP) is 4.00. The monoisotopic (exact) mass is 212 g/mol. The minimum Gasteiger partial charge on any atom is -0.393 e. The number of aliphatic hydroxyl groups is 1. The van der Waals surface area contributed by atoms with Gasteiger partial charge in [0.1, 0.15) is 0 Å². The zero-order valence-electron chi connectivity index (χ0n) is 10.7. The maximum Gasteiger partial charge on any atom is 0.0596 e. The van der Waals surface area contributed by atoms with Crippen LogP contribution in [0, 0.1) is 17.8 Å². The summed E-state index contributed by atoms with van der Waals surface area (Å²) in [6.07, 6.45) is 8.78. The minimum absolute atomic E-state index is 0.0330. The molecule has 0 aromatic heterocycles. The first-order chi connectivity index (χ1) is 7.22. The summed E-state index contributed by atoms with van der Waals surface area (Å²) < 4.78 is 0. The van der Waals surface area contributed by atoms with Gasteiger partial charge >= 0.3 is 0 Å². The van der Waals surface area contributed by atoms with E-state index >= 15 is 0 Å². The first-order valence-corrected chi connectivity index (χ1v) is 6.90. The van der Waals surface area contributed by atoms with Crippen molar-refractivity contribution in [1.82, 2.24) is 0 Å². The zero-order chi connectivity index (χ0) is 11.3. The molecule has 0 aliphatic heterocycles. The van der Waals surface area contributed by atoms with E-state index in [-0.39, 0.29) is 6.10 Å². The van der Waals surface area contributed by atoms with Crippen molar-refractivity contribution in [3.05, 3.63) is 0 Å². The standard InChI is InChI=1S/C14H28O/c1-4-11-8-7-9-13(10-11)14(15)12(5-2)6-3/h11-15H,4-10H2,1-3H3. The van der Waals surface area contributed by atoms with Crippen LogP contribution in [0.4, 0.5) is 0 Å². The molecule has 3 unspecified atom stereocenters. The quantitative estimate of drug-likeness (QED) is 0.730. The first-order valence-electron chi connectivity index (χ1n) is 6.90. The summed E-state index contributed by atoms with van der Waals surface area (Å²) in [4.78, 5) is 0. The second-order valence-corrected chi connectivity index (χ2v) is 5.27. The molecule has 0 aromatic carbocycles. The highest BCUT2D eigenvalue weighted by molar-refractivity contribution is 4.81. The summed E-state index contributed by atoms with van der Waals surface area (Å²) in [5.41, 5.74) is 0. The van der Waals surface area contributed by atoms with Gasteiger partial charge in [-0.1, -0.05) is 52.9 Å². The summed E-state index contributed by atoms with van der Waals surface area (Å²) >= 11 is 0. The van der Waals surface area contributed by atoms with Gasteiger partial charge in [-0.25, -0.2) is 0 Å². The third kappa shape index (κ3) is 3.48. The molecule has 3 atom stereocenters. The maximum absolute atomic E-state index is 10.3. The molecule has 0 heterocycles. The lowest BCUT2D eigenvalue weighted by molar-refractivity contribution is 0.0189. The fraction of sp³-hybridized carbons (Fsp3) is 1.00. The molecular weight excluding hydrogens is 184 g/mol. The van der Waals surface area contributed by atoms with Gasteiger partial charge < -0.3 is 5.11 Å². The van der Waals surface area contributed by atoms with Crippen molar-refractivity contribution in [3.63, 3.8) is 0 Å². The van der Waals surface area contributed by atoms with Crippen LogP contribution in [0.1, 0.15) is 65.7 Å². The van der Waals surface area contributed by atoms with Crippen molar-refractivity contribution in [1.29, 1.82) is 0 Å². The molecule has 1 aliphatic carbocycles. The highest BCUT2D eigenvalue weighted by Crippen LogP contribution is 2.36. The Bertz CT molecular complexity index is 163. The average molecular weight is 212 g/mol. The first kappa shape index (κ1) is 13.0. The predicted molar refractivity (Wildman–Crippen MR) is 65.8 cm³/mol. The average Bonchev–Trinajstić information content (AvgIpc) is 2.30. The van der Waals surface area contributed by atoms with Crippen LogP contribution in [0.5, 0.6) is 0 Å². The van der Waals surface area contributed by atoms with E-state index in [1.807, 2.05) is 0 Å². The van der Waals surface area contributed by atoms with E-state index in [9.17, 15) is 5.11 Å². The van der Waals surface area contributed by atoms with Crippen LogP contribution in [0.3, 0.4) is 0 Å². The van der Waals surface area contributed by atoms with Gasteiger partial charge in [0.25, 0.3) is 0 Å². The third-order valence-corrected chi connectivity index (χ3v) is 4.42. The Labute approximate surface area is 95.3 Å². The molecular formula is C14H28O. The Morgan fingerprint density at radius 1 is 1.13 bits per heavy atom. The lowest BCUT2D eigenvalue weighted by Crippen LogP contribution is -2.32. The number of hydrogen-bond acceptors (Lipinski definition) is 1. The molecule has 0 spiro atoms. The maximum atomic E-state index is 10.3. The molecule has 0 bridgehead atoms. The number of rotatable bonds is 5. The summed E-state index contributed by atoms with van der Waals surface area (Å²) in [6.45, 7) is 6.70. The molecule has 0 radical (unpaired) electrons. The van der Waals surface area contributed by atoms with E-state index in [1.54, 1.807) is 0 Å². The van der Waals surface area contributed by atoms with Crippen molar-refractivity contribution < 1.29 is 5.11 Å². The molecule has 1 fully saturated rings. The topological polar surface area (TPSA) is 20.2 Å². The van der Waals surface area contributed by atoms with Crippen molar-refractivity contribution in [2.75, 3.05) is 0 Å². The summed E-state index contributed by atoms with van der Waals surface area (Å²) in [7, 11) is 0. The van der Waals surface area contributed by atoms with Crippen molar-refractivity contribution >= 4 is 0 Å². The fourth-order valence-corrected chi connectivity index (χ4v) is 3.17. The second-order valence-electron chi connectivity index (χ2n) is 5.27. The normalized spacial score (nSPS) is 29.4. The van der Waals surface area contributed by atoms with E-state index in [2.05, 4.69) is 20.8 Å². The van der Waals surface area contributed by atoms with Gasteiger partial charge in [-0.2, -0.15) is 0 Å². The lowest BCUT2D eigenvalue weighted by Gasteiger charge is -2.35. The van der Waals surface area contributed by atoms with Crippen LogP contribution >= 0.6 is 0 Å². The van der Waals surface area contributed by atoms with E-state index < -0.39 is 0 Å². The molecule has 0 saturated heterocycles. The molecule has 1 heteroatoms. The zero-order valence-corrected chi connectivity index (χ0v) is 10.7. The lowest BCUT2D eigenvalue weighted by atomic mass is 9.74. The van der Waals surface area contributed by atoms with Gasteiger partial charge in [-0.3, -0.25) is 0 Å². The summed E-state index contributed by atoms with van der Waals surface area (Å²) in [6, 6.07) is 0. The molecule has 1 N–H and O–H groups in total. The molecule has 0 amide bonds. The molecule has 90 valence electrons. The summed E-state index contributed by atoms with van der Waals surface area (Å²) in [5, 5.41) is 10.3. The van der Waals surface area contributed by atoms with Gasteiger partial charge in [0.15, 0.2) is 0 Å². The van der Waals surface area contributed by atoms with Gasteiger partial charge in [0, 0.05) is 0 Å². The molecule has 1 saturated carbocycles. The molecule has 1 nitrogen and oxygen atoms in total. The van der Waals surface area contributed by atoms with E-state index in [0.29, 0.717) is 11.8 Å². The van der Waals surface area contributed by atoms with Crippen LogP contribution in [0.15, 0.2) is 0 Å². The van der Waals surface area contributed by atoms with Crippen molar-refractivity contribution in [2.45, 2.75) is 71.8 Å². The largest absolute Gasteiger partial charge is 0.393 e. The summed E-state index contributed by atoms with van der Waals surface area (Å²) in [5.74, 6) is 2.01. The van der Waals surface area contributed by atoms with Crippen LogP contribution in [-0.2, 0) is 0 Å². The highest BCUT2D eigenvalue weighted by Gasteiger charge is 2.29. The van der Waals surface area contributed by atoms with E-state index in [0.717, 1.165) is 18.8 Å². The fourth-order valence-electron chi connectivity index (χ4n) is 3.17. The van der Waals surface area contributed by atoms with E-state index in [1.165, 1.54) is 32.1 Å². The molecule has 15 heavy (non-hydrogen) atoms. The minimum atomic E-state index is -0.0330. The SMILES string of the molecule is CCC1CCCC(C(O)C(CC)CC)C1. The van der Waals surface area contributed by atoms with Crippen LogP contribution in [-0.4, -0.2) is 11.2 Å². The second kappa shape index (κ2) is 6.52. The highest BCUT2D eigenvalue weighted by atomic mass is 16.3. The Kier molecular flexibility index (Phi) is 5.66. The number of aliphatic hydroxyl groups excluding tert-OH is 1. The Hall–Kier alpha value is -0.0400. The van der Waals surface area contributed by atoms with Gasteiger partial charge in [-0.05, 0) is 30.6 Å².